The summed E-state index contributed by atoms with van der Waals surface area (Å²) in [6.45, 7) is 7.64. The van der Waals surface area contributed by atoms with Crippen LogP contribution >= 0.6 is 0 Å². The highest BCUT2D eigenvalue weighted by molar-refractivity contribution is 5.97. The molecule has 5 nitrogen and oxygen atoms in total. The standard InChI is InChI=1S/C25H26N2O3/c1-16(2)21-10-7-8-17(3)24(21)27-25(29)18(4)30-23(28)15-14-20-13-12-19-9-5-6-11-22(19)26-20/h5-16,18H,1-4H3,(H,27,29)/b15-14+. The average Bonchev–Trinajstić information content (AvgIpc) is 2.73. The fourth-order valence-electron chi connectivity index (χ4n) is 3.16. The van der Waals surface area contributed by atoms with Gasteiger partial charge in [-0.3, -0.25) is 4.79 Å². The van der Waals surface area contributed by atoms with Crippen molar-refractivity contribution in [2.75, 3.05) is 5.32 Å². The number of anilines is 1. The first-order valence-corrected chi connectivity index (χ1v) is 10.00. The second-order valence-corrected chi connectivity index (χ2v) is 7.52. The van der Waals surface area contributed by atoms with Crippen LogP contribution < -0.4 is 5.32 Å². The summed E-state index contributed by atoms with van der Waals surface area (Å²) in [6.07, 6.45) is 1.94. The fourth-order valence-corrected chi connectivity index (χ4v) is 3.16. The molecule has 1 N–H and O–H groups in total. The highest BCUT2D eigenvalue weighted by Gasteiger charge is 2.19. The fraction of sp³-hybridized carbons (Fsp3) is 0.240. The number of esters is 1. The van der Waals surface area contributed by atoms with Gasteiger partial charge in [-0.05, 0) is 49.1 Å². The van der Waals surface area contributed by atoms with E-state index in [0.717, 1.165) is 27.7 Å². The summed E-state index contributed by atoms with van der Waals surface area (Å²) in [5, 5.41) is 3.93. The molecule has 0 fully saturated rings. The lowest BCUT2D eigenvalue weighted by molar-refractivity contribution is -0.148. The first-order valence-electron chi connectivity index (χ1n) is 10.00. The van der Waals surface area contributed by atoms with E-state index in [-0.39, 0.29) is 11.8 Å². The van der Waals surface area contributed by atoms with Crippen LogP contribution in [0.15, 0.2) is 60.7 Å². The molecule has 0 aliphatic rings. The van der Waals surface area contributed by atoms with Crippen LogP contribution in [0.25, 0.3) is 17.0 Å². The van der Waals surface area contributed by atoms with Crippen molar-refractivity contribution in [2.24, 2.45) is 0 Å². The van der Waals surface area contributed by atoms with Crippen molar-refractivity contribution in [3.05, 3.63) is 77.5 Å². The Morgan fingerprint density at radius 1 is 1.00 bits per heavy atom. The predicted octanol–water partition coefficient (Wildman–Crippen LogP) is 5.25. The molecule has 0 spiro atoms. The van der Waals surface area contributed by atoms with Crippen molar-refractivity contribution >= 4 is 34.5 Å². The normalized spacial score (nSPS) is 12.3. The molecule has 0 bridgehead atoms. The SMILES string of the molecule is Cc1cccc(C(C)C)c1NC(=O)C(C)OC(=O)/C=C/c1ccc2ccccc2n1. The van der Waals surface area contributed by atoms with E-state index in [4.69, 9.17) is 4.74 Å². The van der Waals surface area contributed by atoms with Crippen molar-refractivity contribution in [1.29, 1.82) is 0 Å². The summed E-state index contributed by atoms with van der Waals surface area (Å²) in [6, 6.07) is 17.4. The maximum absolute atomic E-state index is 12.6. The molecule has 0 aliphatic heterocycles. The molecule has 0 radical (unpaired) electrons. The van der Waals surface area contributed by atoms with E-state index in [0.29, 0.717) is 5.69 Å². The molecular formula is C25H26N2O3. The number of hydrogen-bond donors (Lipinski definition) is 1. The Morgan fingerprint density at radius 3 is 2.53 bits per heavy atom. The van der Waals surface area contributed by atoms with Crippen LogP contribution in [0.4, 0.5) is 5.69 Å². The molecule has 2 aromatic carbocycles. The van der Waals surface area contributed by atoms with Crippen LogP contribution in [0.5, 0.6) is 0 Å². The van der Waals surface area contributed by atoms with Crippen LogP contribution in [0.1, 0.15) is 43.5 Å². The van der Waals surface area contributed by atoms with Crippen molar-refractivity contribution in [3.63, 3.8) is 0 Å². The lowest BCUT2D eigenvalue weighted by Crippen LogP contribution is -2.30. The summed E-state index contributed by atoms with van der Waals surface area (Å²) >= 11 is 0. The highest BCUT2D eigenvalue weighted by Crippen LogP contribution is 2.27. The van der Waals surface area contributed by atoms with Gasteiger partial charge in [0.15, 0.2) is 6.10 Å². The molecule has 154 valence electrons. The van der Waals surface area contributed by atoms with E-state index < -0.39 is 12.1 Å². The molecule has 1 unspecified atom stereocenters. The van der Waals surface area contributed by atoms with Gasteiger partial charge in [-0.2, -0.15) is 0 Å². The molecule has 1 heterocycles. The number of hydrogen-bond acceptors (Lipinski definition) is 4. The zero-order valence-corrected chi connectivity index (χ0v) is 17.7. The minimum Gasteiger partial charge on any atom is -0.449 e. The summed E-state index contributed by atoms with van der Waals surface area (Å²) in [5.41, 5.74) is 4.28. The second-order valence-electron chi connectivity index (χ2n) is 7.52. The summed E-state index contributed by atoms with van der Waals surface area (Å²) in [5.74, 6) is -0.700. The Labute approximate surface area is 176 Å². The van der Waals surface area contributed by atoms with Crippen LogP contribution in [-0.2, 0) is 14.3 Å². The molecule has 30 heavy (non-hydrogen) atoms. The number of aryl methyl sites for hydroxylation is 1. The number of fused-ring (bicyclic) bond motifs is 1. The van der Waals surface area contributed by atoms with Crippen molar-refractivity contribution in [2.45, 2.75) is 39.7 Å². The largest absolute Gasteiger partial charge is 0.449 e. The number of aromatic nitrogens is 1. The molecule has 0 saturated heterocycles. The van der Waals surface area contributed by atoms with Crippen molar-refractivity contribution in [1.82, 2.24) is 4.98 Å². The van der Waals surface area contributed by atoms with Gasteiger partial charge >= 0.3 is 5.97 Å². The highest BCUT2D eigenvalue weighted by atomic mass is 16.5. The number of benzene rings is 2. The number of amides is 1. The van der Waals surface area contributed by atoms with Gasteiger partial charge < -0.3 is 10.1 Å². The number of nitrogens with zero attached hydrogens (tertiary/aromatic N) is 1. The quantitative estimate of drug-likeness (QED) is 0.452. The number of carbonyl (C=O) groups is 2. The van der Waals surface area contributed by atoms with E-state index in [2.05, 4.69) is 24.1 Å². The maximum Gasteiger partial charge on any atom is 0.331 e. The van der Waals surface area contributed by atoms with E-state index in [1.807, 2.05) is 61.5 Å². The average molecular weight is 402 g/mol. The predicted molar refractivity (Wildman–Crippen MR) is 120 cm³/mol. The monoisotopic (exact) mass is 402 g/mol. The minimum absolute atomic E-state index is 0.260. The lowest BCUT2D eigenvalue weighted by atomic mass is 9.98. The maximum atomic E-state index is 12.6. The molecule has 0 aliphatic carbocycles. The first-order chi connectivity index (χ1) is 14.3. The van der Waals surface area contributed by atoms with Crippen molar-refractivity contribution in [3.8, 4) is 0 Å². The Balaban J connectivity index is 1.63. The smallest absolute Gasteiger partial charge is 0.331 e. The van der Waals surface area contributed by atoms with Gasteiger partial charge in [-0.25, -0.2) is 9.78 Å². The van der Waals surface area contributed by atoms with Gasteiger partial charge in [-0.1, -0.05) is 56.3 Å². The number of para-hydroxylation sites is 2. The number of ether oxygens (including phenoxy) is 1. The van der Waals surface area contributed by atoms with E-state index in [1.165, 1.54) is 6.08 Å². The van der Waals surface area contributed by atoms with E-state index in [9.17, 15) is 9.59 Å². The van der Waals surface area contributed by atoms with Crippen LogP contribution in [0.2, 0.25) is 0 Å². The number of carbonyl (C=O) groups excluding carboxylic acids is 2. The number of nitrogens with one attached hydrogen (secondary N) is 1. The van der Waals surface area contributed by atoms with Crippen LogP contribution in [0.3, 0.4) is 0 Å². The van der Waals surface area contributed by atoms with Gasteiger partial charge in [0.25, 0.3) is 5.91 Å². The minimum atomic E-state index is -0.925. The van der Waals surface area contributed by atoms with Crippen LogP contribution in [0, 0.1) is 6.92 Å². The second kappa shape index (κ2) is 9.35. The molecule has 1 amide bonds. The molecule has 1 atom stereocenters. The lowest BCUT2D eigenvalue weighted by Gasteiger charge is -2.18. The summed E-state index contributed by atoms with van der Waals surface area (Å²) < 4.78 is 5.27. The molecule has 0 saturated carbocycles. The zero-order valence-electron chi connectivity index (χ0n) is 17.7. The number of rotatable bonds is 6. The Kier molecular flexibility index (Phi) is 6.62. The Hall–Kier alpha value is -3.47. The molecule has 5 heteroatoms. The Morgan fingerprint density at radius 2 is 1.77 bits per heavy atom. The summed E-state index contributed by atoms with van der Waals surface area (Å²) in [7, 11) is 0. The third kappa shape index (κ3) is 5.11. The number of pyridine rings is 1. The van der Waals surface area contributed by atoms with E-state index in [1.54, 1.807) is 13.0 Å². The van der Waals surface area contributed by atoms with Gasteiger partial charge in [-0.15, -0.1) is 0 Å². The molecular weight excluding hydrogens is 376 g/mol. The topological polar surface area (TPSA) is 68.3 Å². The zero-order chi connectivity index (χ0) is 21.7. The first kappa shape index (κ1) is 21.2. The molecule has 3 aromatic rings. The van der Waals surface area contributed by atoms with Crippen LogP contribution in [-0.4, -0.2) is 23.0 Å². The van der Waals surface area contributed by atoms with Gasteiger partial charge in [0, 0.05) is 17.1 Å². The molecule has 3 rings (SSSR count). The van der Waals surface area contributed by atoms with Gasteiger partial charge in [0.05, 0.1) is 11.2 Å². The Bertz CT molecular complexity index is 1100. The van der Waals surface area contributed by atoms with E-state index >= 15 is 0 Å². The molecule has 1 aromatic heterocycles. The van der Waals surface area contributed by atoms with Gasteiger partial charge in [0.2, 0.25) is 0 Å². The van der Waals surface area contributed by atoms with Crippen molar-refractivity contribution < 1.29 is 14.3 Å². The third-order valence-electron chi connectivity index (χ3n) is 4.85. The summed E-state index contributed by atoms with van der Waals surface area (Å²) in [4.78, 5) is 29.2. The third-order valence-corrected chi connectivity index (χ3v) is 4.85. The van der Waals surface area contributed by atoms with Gasteiger partial charge in [0.1, 0.15) is 0 Å².